The van der Waals surface area contributed by atoms with E-state index in [1.165, 1.54) is 0 Å². The predicted octanol–water partition coefficient (Wildman–Crippen LogP) is 1.83. The summed E-state index contributed by atoms with van der Waals surface area (Å²) < 4.78 is 0. The first-order valence-electron chi connectivity index (χ1n) is 5.85. The van der Waals surface area contributed by atoms with Gasteiger partial charge in [-0.15, -0.1) is 0 Å². The van der Waals surface area contributed by atoms with Gasteiger partial charge in [0, 0.05) is 37.0 Å². The molecule has 1 heterocycles. The first-order chi connectivity index (χ1) is 8.13. The fourth-order valence-corrected chi connectivity index (χ4v) is 2.42. The highest BCUT2D eigenvalue weighted by molar-refractivity contribution is 5.60. The third-order valence-corrected chi connectivity index (χ3v) is 3.36. The van der Waals surface area contributed by atoms with E-state index < -0.39 is 0 Å². The van der Waals surface area contributed by atoms with Crippen LogP contribution in [-0.2, 0) is 0 Å². The topological polar surface area (TPSA) is 72.4 Å². The maximum Gasteiger partial charge on any atom is 0.271 e. The Hall–Kier alpha value is -1.62. The molecule has 0 aromatic heterocycles. The summed E-state index contributed by atoms with van der Waals surface area (Å²) in [5.74, 6) is 0. The van der Waals surface area contributed by atoms with Crippen molar-refractivity contribution in [2.75, 3.05) is 18.0 Å². The summed E-state index contributed by atoms with van der Waals surface area (Å²) in [6.45, 7) is 3.51. The van der Waals surface area contributed by atoms with Gasteiger partial charge in [0.25, 0.3) is 5.69 Å². The average Bonchev–Trinajstić information content (AvgIpc) is 2.77. The summed E-state index contributed by atoms with van der Waals surface area (Å²) in [6.07, 6.45) is 2.17. The first kappa shape index (κ1) is 11.9. The average molecular weight is 235 g/mol. The van der Waals surface area contributed by atoms with Gasteiger partial charge in [0.2, 0.25) is 0 Å². The zero-order valence-corrected chi connectivity index (χ0v) is 9.93. The predicted molar refractivity (Wildman–Crippen MR) is 67.3 cm³/mol. The van der Waals surface area contributed by atoms with Gasteiger partial charge in [-0.3, -0.25) is 10.1 Å². The molecule has 1 fully saturated rings. The number of hydrogen-bond donors (Lipinski definition) is 1. The van der Waals surface area contributed by atoms with Crippen molar-refractivity contribution in [2.45, 2.75) is 25.8 Å². The van der Waals surface area contributed by atoms with Crippen molar-refractivity contribution in [3.05, 3.63) is 33.9 Å². The summed E-state index contributed by atoms with van der Waals surface area (Å²) in [6, 6.07) is 5.32. The third kappa shape index (κ3) is 2.24. The molecule has 0 spiro atoms. The van der Waals surface area contributed by atoms with Gasteiger partial charge >= 0.3 is 0 Å². The van der Waals surface area contributed by atoms with E-state index in [9.17, 15) is 10.1 Å². The highest BCUT2D eigenvalue weighted by Crippen LogP contribution is 2.31. The van der Waals surface area contributed by atoms with Crippen molar-refractivity contribution in [3.8, 4) is 0 Å². The highest BCUT2D eigenvalue weighted by Gasteiger charge is 2.25. The lowest BCUT2D eigenvalue weighted by atomic mass is 10.1. The van der Waals surface area contributed by atoms with Crippen molar-refractivity contribution in [2.24, 2.45) is 5.73 Å². The van der Waals surface area contributed by atoms with Gasteiger partial charge in [-0.25, -0.2) is 0 Å². The summed E-state index contributed by atoms with van der Waals surface area (Å²) >= 11 is 0. The van der Waals surface area contributed by atoms with Crippen molar-refractivity contribution in [1.82, 2.24) is 0 Å². The van der Waals surface area contributed by atoms with Crippen LogP contribution in [0.15, 0.2) is 18.2 Å². The van der Waals surface area contributed by atoms with Gasteiger partial charge in [-0.1, -0.05) is 6.07 Å². The zero-order valence-electron chi connectivity index (χ0n) is 9.93. The lowest BCUT2D eigenvalue weighted by Gasteiger charge is -2.27. The van der Waals surface area contributed by atoms with Crippen LogP contribution < -0.4 is 10.6 Å². The molecule has 92 valence electrons. The molecule has 2 N–H and O–H groups in total. The Kier molecular flexibility index (Phi) is 3.28. The monoisotopic (exact) mass is 235 g/mol. The van der Waals surface area contributed by atoms with Crippen LogP contribution in [0, 0.1) is 17.0 Å². The maximum atomic E-state index is 10.8. The number of anilines is 1. The van der Waals surface area contributed by atoms with Crippen molar-refractivity contribution in [3.63, 3.8) is 0 Å². The molecule has 1 atom stereocenters. The van der Waals surface area contributed by atoms with Crippen LogP contribution in [0.1, 0.15) is 18.4 Å². The van der Waals surface area contributed by atoms with E-state index in [2.05, 4.69) is 4.90 Å². The minimum absolute atomic E-state index is 0.147. The minimum Gasteiger partial charge on any atom is -0.367 e. The van der Waals surface area contributed by atoms with Crippen LogP contribution in [-0.4, -0.2) is 24.1 Å². The molecule has 0 bridgehead atoms. The number of nitro benzene ring substituents is 1. The van der Waals surface area contributed by atoms with Crippen molar-refractivity contribution >= 4 is 11.4 Å². The molecule has 0 amide bonds. The van der Waals surface area contributed by atoms with Crippen molar-refractivity contribution < 1.29 is 4.92 Å². The second-order valence-corrected chi connectivity index (χ2v) is 4.45. The number of nitrogens with two attached hydrogens (primary N) is 1. The van der Waals surface area contributed by atoms with Crippen LogP contribution >= 0.6 is 0 Å². The van der Waals surface area contributed by atoms with E-state index >= 15 is 0 Å². The Labute approximate surface area is 100 Å². The quantitative estimate of drug-likeness (QED) is 0.640. The fraction of sp³-hybridized carbons (Fsp3) is 0.500. The molecule has 5 heteroatoms. The Morgan fingerprint density at radius 2 is 2.35 bits per heavy atom. The van der Waals surface area contributed by atoms with E-state index in [4.69, 9.17) is 5.73 Å². The molecule has 0 radical (unpaired) electrons. The largest absolute Gasteiger partial charge is 0.367 e. The van der Waals surface area contributed by atoms with Crippen molar-refractivity contribution in [1.29, 1.82) is 0 Å². The van der Waals surface area contributed by atoms with E-state index in [1.54, 1.807) is 18.2 Å². The Morgan fingerprint density at radius 3 is 3.00 bits per heavy atom. The van der Waals surface area contributed by atoms with Gasteiger partial charge in [-0.2, -0.15) is 0 Å². The first-order valence-corrected chi connectivity index (χ1v) is 5.85. The van der Waals surface area contributed by atoms with Gasteiger partial charge < -0.3 is 10.6 Å². The number of rotatable bonds is 3. The number of hydrogen-bond acceptors (Lipinski definition) is 4. The van der Waals surface area contributed by atoms with Crippen LogP contribution in [0.3, 0.4) is 0 Å². The smallest absolute Gasteiger partial charge is 0.271 e. The van der Waals surface area contributed by atoms with Gasteiger partial charge in [0.15, 0.2) is 0 Å². The summed E-state index contributed by atoms with van der Waals surface area (Å²) in [7, 11) is 0. The standard InChI is InChI=1S/C12H17N3O2/c1-9-4-5-10(15(16)17)7-12(9)14-6-2-3-11(14)8-13/h4-5,7,11H,2-3,6,8,13H2,1H3. The maximum absolute atomic E-state index is 10.8. The molecule has 1 aromatic carbocycles. The molecule has 1 aromatic rings. The van der Waals surface area contributed by atoms with Crippen LogP contribution in [0.2, 0.25) is 0 Å². The molecular formula is C12H17N3O2. The number of aryl methyl sites for hydroxylation is 1. The Morgan fingerprint density at radius 1 is 1.59 bits per heavy atom. The van der Waals surface area contributed by atoms with E-state index in [0.29, 0.717) is 12.6 Å². The molecule has 0 aliphatic carbocycles. The lowest BCUT2D eigenvalue weighted by Crippen LogP contribution is -2.35. The normalized spacial score (nSPS) is 19.6. The second kappa shape index (κ2) is 4.71. The molecule has 1 unspecified atom stereocenters. The number of nitro groups is 1. The molecule has 0 saturated carbocycles. The number of non-ortho nitro benzene ring substituents is 1. The fourth-order valence-electron chi connectivity index (χ4n) is 2.42. The number of benzene rings is 1. The third-order valence-electron chi connectivity index (χ3n) is 3.36. The Bertz CT molecular complexity index is 434. The van der Waals surface area contributed by atoms with Crippen LogP contribution in [0.4, 0.5) is 11.4 Å². The highest BCUT2D eigenvalue weighted by atomic mass is 16.6. The number of nitrogens with zero attached hydrogens (tertiary/aromatic N) is 2. The van der Waals surface area contributed by atoms with Crippen LogP contribution in [0.25, 0.3) is 0 Å². The Balaban J connectivity index is 2.36. The summed E-state index contributed by atoms with van der Waals surface area (Å²) in [5.41, 5.74) is 7.90. The van der Waals surface area contributed by atoms with E-state index in [1.807, 2.05) is 6.92 Å². The molecular weight excluding hydrogens is 218 g/mol. The molecule has 17 heavy (non-hydrogen) atoms. The molecule has 5 nitrogen and oxygen atoms in total. The lowest BCUT2D eigenvalue weighted by molar-refractivity contribution is -0.384. The van der Waals surface area contributed by atoms with Crippen LogP contribution in [0.5, 0.6) is 0 Å². The zero-order chi connectivity index (χ0) is 12.4. The minimum atomic E-state index is -0.351. The summed E-state index contributed by atoms with van der Waals surface area (Å²) in [5, 5.41) is 10.8. The second-order valence-electron chi connectivity index (χ2n) is 4.45. The van der Waals surface area contributed by atoms with E-state index in [0.717, 1.165) is 30.6 Å². The van der Waals surface area contributed by atoms with Gasteiger partial charge in [0.1, 0.15) is 0 Å². The van der Waals surface area contributed by atoms with E-state index in [-0.39, 0.29) is 10.6 Å². The molecule has 1 saturated heterocycles. The molecule has 1 aliphatic heterocycles. The van der Waals surface area contributed by atoms with Gasteiger partial charge in [-0.05, 0) is 25.3 Å². The van der Waals surface area contributed by atoms with Gasteiger partial charge in [0.05, 0.1) is 4.92 Å². The summed E-state index contributed by atoms with van der Waals surface area (Å²) in [4.78, 5) is 12.6. The molecule has 1 aliphatic rings. The molecule has 2 rings (SSSR count). The SMILES string of the molecule is Cc1ccc([N+](=O)[O-])cc1N1CCCC1CN.